The Labute approximate surface area is 145 Å². The van der Waals surface area contributed by atoms with Crippen molar-refractivity contribution >= 4 is 23.6 Å². The predicted molar refractivity (Wildman–Crippen MR) is 93.0 cm³/mol. The second-order valence-electron chi connectivity index (χ2n) is 6.28. The normalized spacial score (nSPS) is 17.2. The minimum absolute atomic E-state index is 0.360. The Kier molecular flexibility index (Phi) is 5.13. The highest BCUT2D eigenvalue weighted by Crippen LogP contribution is 2.28. The van der Waals surface area contributed by atoms with E-state index in [2.05, 4.69) is 22.0 Å². The highest BCUT2D eigenvalue weighted by atomic mass is 32.2. The molecule has 0 bridgehead atoms. The van der Waals surface area contributed by atoms with Gasteiger partial charge < -0.3 is 15.1 Å². The van der Waals surface area contributed by atoms with Gasteiger partial charge in [-0.2, -0.15) is 0 Å². The van der Waals surface area contributed by atoms with E-state index in [4.69, 9.17) is 10.2 Å². The van der Waals surface area contributed by atoms with Gasteiger partial charge in [0.15, 0.2) is 5.16 Å². The van der Waals surface area contributed by atoms with Gasteiger partial charge in [-0.15, -0.1) is 10.2 Å². The van der Waals surface area contributed by atoms with E-state index >= 15 is 0 Å². The van der Waals surface area contributed by atoms with E-state index in [-0.39, 0.29) is 11.2 Å². The van der Waals surface area contributed by atoms with Crippen molar-refractivity contribution in [3.63, 3.8) is 0 Å². The molecule has 2 aromatic heterocycles. The number of nitrogens with two attached hydrogens (primary N) is 1. The number of rotatable bonds is 6. The molecule has 130 valence electrons. The lowest BCUT2D eigenvalue weighted by atomic mass is 10.00. The van der Waals surface area contributed by atoms with Crippen LogP contribution in [0.4, 0.5) is 5.95 Å². The zero-order valence-electron chi connectivity index (χ0n) is 14.0. The van der Waals surface area contributed by atoms with Crippen molar-refractivity contribution in [1.29, 1.82) is 0 Å². The van der Waals surface area contributed by atoms with Crippen LogP contribution in [0.3, 0.4) is 0 Å². The van der Waals surface area contributed by atoms with E-state index in [0.717, 1.165) is 43.6 Å². The van der Waals surface area contributed by atoms with Gasteiger partial charge in [0, 0.05) is 13.1 Å². The molecule has 1 aliphatic rings. The van der Waals surface area contributed by atoms with E-state index < -0.39 is 0 Å². The van der Waals surface area contributed by atoms with Gasteiger partial charge >= 0.3 is 0 Å². The van der Waals surface area contributed by atoms with E-state index in [9.17, 15) is 4.79 Å². The molecular weight excluding hydrogens is 326 g/mol. The Morgan fingerprint density at radius 3 is 2.83 bits per heavy atom. The van der Waals surface area contributed by atoms with Gasteiger partial charge in [-0.25, -0.2) is 0 Å². The Morgan fingerprint density at radius 1 is 1.46 bits per heavy atom. The van der Waals surface area contributed by atoms with Crippen LogP contribution in [0.25, 0.3) is 0 Å². The van der Waals surface area contributed by atoms with Gasteiger partial charge in [0.2, 0.25) is 11.9 Å². The van der Waals surface area contributed by atoms with E-state index in [0.29, 0.717) is 11.7 Å². The second kappa shape index (κ2) is 7.29. The summed E-state index contributed by atoms with van der Waals surface area (Å²) in [7, 11) is 0. The number of hydrogen-bond acceptors (Lipinski definition) is 6. The molecule has 2 N–H and O–H groups in total. The van der Waals surface area contributed by atoms with Crippen molar-refractivity contribution in [2.24, 2.45) is 11.7 Å². The number of carbonyl (C=O) groups is 1. The molecule has 1 fully saturated rings. The number of thioether (sulfide) groups is 1. The van der Waals surface area contributed by atoms with Crippen LogP contribution in [-0.2, 0) is 11.3 Å². The summed E-state index contributed by atoms with van der Waals surface area (Å²) in [6, 6.07) is 3.79. The largest absolute Gasteiger partial charge is 0.467 e. The Bertz CT molecular complexity index is 677. The highest BCUT2D eigenvalue weighted by molar-refractivity contribution is 8.00. The molecule has 24 heavy (non-hydrogen) atoms. The van der Waals surface area contributed by atoms with Crippen LogP contribution >= 0.6 is 11.8 Å². The number of aromatic nitrogens is 3. The molecule has 0 radical (unpaired) electrons. The molecule has 8 heteroatoms. The lowest BCUT2D eigenvalue weighted by Crippen LogP contribution is -2.35. The molecule has 1 aliphatic heterocycles. The SMILES string of the molecule is CC1CCN(c2nnc(SC(C)C(N)=O)n2Cc2ccco2)CC1. The fourth-order valence-electron chi connectivity index (χ4n) is 2.72. The Morgan fingerprint density at radius 2 is 2.21 bits per heavy atom. The summed E-state index contributed by atoms with van der Waals surface area (Å²) in [5.41, 5.74) is 5.39. The smallest absolute Gasteiger partial charge is 0.230 e. The first-order valence-corrected chi connectivity index (χ1v) is 9.09. The van der Waals surface area contributed by atoms with E-state index in [1.807, 2.05) is 16.7 Å². The quantitative estimate of drug-likeness (QED) is 0.804. The van der Waals surface area contributed by atoms with Crippen molar-refractivity contribution in [2.45, 2.75) is 43.6 Å². The molecule has 0 saturated carbocycles. The van der Waals surface area contributed by atoms with Crippen LogP contribution in [0.2, 0.25) is 0 Å². The number of anilines is 1. The number of primary amides is 1. The second-order valence-corrected chi connectivity index (χ2v) is 7.59. The zero-order valence-corrected chi connectivity index (χ0v) is 14.8. The number of piperidine rings is 1. The van der Waals surface area contributed by atoms with Crippen molar-refractivity contribution in [2.75, 3.05) is 18.0 Å². The average molecular weight is 349 g/mol. The summed E-state index contributed by atoms with van der Waals surface area (Å²) < 4.78 is 7.49. The maximum Gasteiger partial charge on any atom is 0.230 e. The van der Waals surface area contributed by atoms with Crippen LogP contribution in [0.5, 0.6) is 0 Å². The first kappa shape index (κ1) is 16.9. The van der Waals surface area contributed by atoms with Crippen LogP contribution in [0.15, 0.2) is 28.0 Å². The maximum atomic E-state index is 11.4. The van der Waals surface area contributed by atoms with Crippen molar-refractivity contribution < 1.29 is 9.21 Å². The standard InChI is InChI=1S/C16H23N5O2S/c1-11-5-7-20(8-6-11)15-18-19-16(24-12(2)14(17)22)21(15)10-13-4-3-9-23-13/h3-4,9,11-12H,5-8,10H2,1-2H3,(H2,17,22). The van der Waals surface area contributed by atoms with Crippen LogP contribution in [-0.4, -0.2) is 39.0 Å². The zero-order chi connectivity index (χ0) is 17.1. The van der Waals surface area contributed by atoms with Gasteiger partial charge in [0.1, 0.15) is 5.76 Å². The first-order chi connectivity index (χ1) is 11.5. The third-order valence-electron chi connectivity index (χ3n) is 4.34. The van der Waals surface area contributed by atoms with Gasteiger partial charge in [-0.1, -0.05) is 18.7 Å². The topological polar surface area (TPSA) is 90.2 Å². The Balaban J connectivity index is 1.87. The minimum Gasteiger partial charge on any atom is -0.467 e. The summed E-state index contributed by atoms with van der Waals surface area (Å²) >= 11 is 1.33. The van der Waals surface area contributed by atoms with Crippen molar-refractivity contribution in [3.8, 4) is 0 Å². The Hall–Kier alpha value is -1.96. The third kappa shape index (κ3) is 3.75. The van der Waals surface area contributed by atoms with Gasteiger partial charge in [-0.3, -0.25) is 9.36 Å². The number of carbonyl (C=O) groups excluding carboxylic acids is 1. The van der Waals surface area contributed by atoms with Crippen LogP contribution in [0, 0.1) is 5.92 Å². The molecule has 3 rings (SSSR count). The molecule has 0 aliphatic carbocycles. The molecular formula is C16H23N5O2S. The number of hydrogen-bond donors (Lipinski definition) is 1. The highest BCUT2D eigenvalue weighted by Gasteiger charge is 2.25. The van der Waals surface area contributed by atoms with Crippen molar-refractivity contribution in [3.05, 3.63) is 24.2 Å². The van der Waals surface area contributed by atoms with Gasteiger partial charge in [0.05, 0.1) is 18.1 Å². The number of furan rings is 1. The van der Waals surface area contributed by atoms with Crippen molar-refractivity contribution in [1.82, 2.24) is 14.8 Å². The molecule has 1 atom stereocenters. The number of nitrogens with zero attached hydrogens (tertiary/aromatic N) is 4. The first-order valence-electron chi connectivity index (χ1n) is 8.21. The average Bonchev–Trinajstić information content (AvgIpc) is 3.19. The van der Waals surface area contributed by atoms with Crippen LogP contribution in [0.1, 0.15) is 32.4 Å². The van der Waals surface area contributed by atoms with Crippen LogP contribution < -0.4 is 10.6 Å². The third-order valence-corrected chi connectivity index (χ3v) is 5.44. The van der Waals surface area contributed by atoms with Gasteiger partial charge in [-0.05, 0) is 37.8 Å². The van der Waals surface area contributed by atoms with E-state index in [1.165, 1.54) is 11.8 Å². The summed E-state index contributed by atoms with van der Waals surface area (Å²) in [5, 5.41) is 9.00. The molecule has 0 spiro atoms. The molecule has 7 nitrogen and oxygen atoms in total. The summed E-state index contributed by atoms with van der Waals surface area (Å²) in [5.74, 6) is 2.04. The fourth-order valence-corrected chi connectivity index (χ4v) is 3.52. The lowest BCUT2D eigenvalue weighted by Gasteiger charge is -2.31. The van der Waals surface area contributed by atoms with Gasteiger partial charge in [0.25, 0.3) is 0 Å². The molecule has 2 aromatic rings. The fraction of sp³-hybridized carbons (Fsp3) is 0.562. The maximum absolute atomic E-state index is 11.4. The molecule has 1 saturated heterocycles. The summed E-state index contributed by atoms with van der Waals surface area (Å²) in [6.07, 6.45) is 3.95. The monoisotopic (exact) mass is 349 g/mol. The van der Waals surface area contributed by atoms with E-state index in [1.54, 1.807) is 13.2 Å². The molecule has 0 aromatic carbocycles. The summed E-state index contributed by atoms with van der Waals surface area (Å²) in [6.45, 7) is 6.53. The minimum atomic E-state index is -0.362. The number of amides is 1. The molecule has 1 amide bonds. The lowest BCUT2D eigenvalue weighted by molar-refractivity contribution is -0.117. The molecule has 3 heterocycles. The predicted octanol–water partition coefficient (Wildman–Crippen LogP) is 2.12. The molecule has 1 unspecified atom stereocenters. The summed E-state index contributed by atoms with van der Waals surface area (Å²) in [4.78, 5) is 13.7.